The second-order valence-electron chi connectivity index (χ2n) is 8.81. The van der Waals surface area contributed by atoms with Gasteiger partial charge in [0.2, 0.25) is 15.9 Å². The topological polar surface area (TPSA) is 66.5 Å². The molecule has 2 aromatic rings. The number of hydrogen-bond acceptors (Lipinski definition) is 3. The lowest BCUT2D eigenvalue weighted by Gasteiger charge is -2.29. The Morgan fingerprint density at radius 1 is 1.09 bits per heavy atom. The molecular formula is C24H27F3N2O3S. The monoisotopic (exact) mass is 480 g/mol. The Kier molecular flexibility index (Phi) is 6.55. The minimum absolute atomic E-state index is 0.0641. The zero-order valence-electron chi connectivity index (χ0n) is 18.5. The summed E-state index contributed by atoms with van der Waals surface area (Å²) in [5, 5.41) is 0. The van der Waals surface area contributed by atoms with Gasteiger partial charge in [0.05, 0.1) is 24.4 Å². The van der Waals surface area contributed by atoms with Crippen molar-refractivity contribution in [3.63, 3.8) is 0 Å². The number of carbonyl (C=O) groups is 1. The summed E-state index contributed by atoms with van der Waals surface area (Å²) in [7, 11) is -3.76. The lowest BCUT2D eigenvalue weighted by Crippen LogP contribution is -2.50. The number of rotatable bonds is 7. The van der Waals surface area contributed by atoms with Crippen molar-refractivity contribution in [2.75, 3.05) is 12.3 Å². The molecule has 1 saturated heterocycles. The molecule has 0 bridgehead atoms. The van der Waals surface area contributed by atoms with Crippen LogP contribution in [0.5, 0.6) is 0 Å². The van der Waals surface area contributed by atoms with Gasteiger partial charge in [-0.15, -0.1) is 0 Å². The van der Waals surface area contributed by atoms with Crippen molar-refractivity contribution >= 4 is 15.9 Å². The summed E-state index contributed by atoms with van der Waals surface area (Å²) in [6, 6.07) is 7.19. The van der Waals surface area contributed by atoms with Gasteiger partial charge in [-0.3, -0.25) is 4.79 Å². The molecule has 2 aliphatic rings. The number of aryl methyl sites for hydroxylation is 1. The molecule has 33 heavy (non-hydrogen) atoms. The maximum absolute atomic E-state index is 15.5. The van der Waals surface area contributed by atoms with Gasteiger partial charge in [0.25, 0.3) is 0 Å². The summed E-state index contributed by atoms with van der Waals surface area (Å²) in [6.07, 6.45) is -0.288. The van der Waals surface area contributed by atoms with Gasteiger partial charge in [0.15, 0.2) is 0 Å². The van der Waals surface area contributed by atoms with Crippen LogP contribution in [0.2, 0.25) is 0 Å². The molecule has 1 aliphatic heterocycles. The molecule has 0 unspecified atom stereocenters. The van der Waals surface area contributed by atoms with Crippen LogP contribution >= 0.6 is 0 Å². The van der Waals surface area contributed by atoms with E-state index in [1.165, 1.54) is 30.0 Å². The molecule has 3 atom stereocenters. The van der Waals surface area contributed by atoms with Crippen LogP contribution in [0, 0.1) is 24.5 Å². The first-order chi connectivity index (χ1) is 15.6. The van der Waals surface area contributed by atoms with Crippen molar-refractivity contribution in [1.82, 2.24) is 9.62 Å². The second-order valence-corrected chi connectivity index (χ2v) is 10.9. The lowest BCUT2D eigenvalue weighted by atomic mass is 9.95. The third-order valence-electron chi connectivity index (χ3n) is 6.47. The van der Waals surface area contributed by atoms with Crippen molar-refractivity contribution in [3.05, 3.63) is 59.2 Å². The van der Waals surface area contributed by atoms with Gasteiger partial charge in [-0.2, -0.15) is 0 Å². The number of benzene rings is 2. The molecule has 178 valence electrons. The quantitative estimate of drug-likeness (QED) is 0.657. The fourth-order valence-corrected chi connectivity index (χ4v) is 5.28. The SMILES string of the molecule is CCS(=O)(=O)N[C@H]1[C@@H](F)CN(C(=O)C2CC2)[C@H]1Cc1cccc(-c2cccc(C)c2F)c1F. The van der Waals surface area contributed by atoms with E-state index in [0.29, 0.717) is 18.4 Å². The third kappa shape index (κ3) is 4.80. The first-order valence-electron chi connectivity index (χ1n) is 11.1. The Morgan fingerprint density at radius 3 is 2.36 bits per heavy atom. The molecule has 1 N–H and O–H groups in total. The fourth-order valence-electron chi connectivity index (χ4n) is 4.40. The number of hydrogen-bond donors (Lipinski definition) is 1. The lowest BCUT2D eigenvalue weighted by molar-refractivity contribution is -0.133. The molecule has 1 heterocycles. The summed E-state index contributed by atoms with van der Waals surface area (Å²) in [5.41, 5.74) is 0.720. The maximum Gasteiger partial charge on any atom is 0.226 e. The van der Waals surface area contributed by atoms with E-state index in [1.54, 1.807) is 25.1 Å². The average molecular weight is 481 g/mol. The van der Waals surface area contributed by atoms with Crippen molar-refractivity contribution in [3.8, 4) is 11.1 Å². The van der Waals surface area contributed by atoms with E-state index in [2.05, 4.69) is 4.72 Å². The molecular weight excluding hydrogens is 453 g/mol. The number of nitrogens with one attached hydrogen (secondary N) is 1. The summed E-state index contributed by atoms with van der Waals surface area (Å²) in [6.45, 7) is 2.78. The molecule has 1 amide bonds. The zero-order valence-corrected chi connectivity index (χ0v) is 19.3. The van der Waals surface area contributed by atoms with Gasteiger partial charge >= 0.3 is 0 Å². The van der Waals surface area contributed by atoms with Crippen molar-refractivity contribution in [2.45, 2.75) is 51.4 Å². The minimum Gasteiger partial charge on any atom is -0.334 e. The third-order valence-corrected chi connectivity index (χ3v) is 7.86. The van der Waals surface area contributed by atoms with Crippen LogP contribution in [0.15, 0.2) is 36.4 Å². The molecule has 9 heteroatoms. The van der Waals surface area contributed by atoms with Crippen LogP contribution < -0.4 is 4.72 Å². The van der Waals surface area contributed by atoms with Gasteiger partial charge < -0.3 is 4.90 Å². The van der Waals surface area contributed by atoms with Crippen LogP contribution in [0.25, 0.3) is 11.1 Å². The number of alkyl halides is 1. The van der Waals surface area contributed by atoms with Crippen molar-refractivity contribution < 1.29 is 26.4 Å². The average Bonchev–Trinajstić information content (AvgIpc) is 3.58. The highest BCUT2D eigenvalue weighted by Gasteiger charge is 2.48. The van der Waals surface area contributed by atoms with E-state index in [9.17, 15) is 22.0 Å². The number of amides is 1. The molecule has 1 aliphatic carbocycles. The predicted molar refractivity (Wildman–Crippen MR) is 120 cm³/mol. The first kappa shape index (κ1) is 23.8. The van der Waals surface area contributed by atoms with Gasteiger partial charge in [-0.25, -0.2) is 26.3 Å². The highest BCUT2D eigenvalue weighted by atomic mass is 32.2. The van der Waals surface area contributed by atoms with Gasteiger partial charge in [0, 0.05) is 17.0 Å². The van der Waals surface area contributed by atoms with Gasteiger partial charge in [0.1, 0.15) is 17.8 Å². The molecule has 2 fully saturated rings. The van der Waals surface area contributed by atoms with Crippen LogP contribution in [0.1, 0.15) is 30.9 Å². The van der Waals surface area contributed by atoms with Gasteiger partial charge in [-0.05, 0) is 44.2 Å². The Hall–Kier alpha value is -2.39. The highest BCUT2D eigenvalue weighted by molar-refractivity contribution is 7.89. The molecule has 5 nitrogen and oxygen atoms in total. The Labute approximate surface area is 192 Å². The summed E-state index contributed by atoms with van der Waals surface area (Å²) in [4.78, 5) is 14.2. The second kappa shape index (κ2) is 9.10. The van der Waals surface area contributed by atoms with Crippen LogP contribution in [0.3, 0.4) is 0 Å². The van der Waals surface area contributed by atoms with Crippen LogP contribution in [-0.2, 0) is 21.2 Å². The van der Waals surface area contributed by atoms with E-state index in [4.69, 9.17) is 0 Å². The van der Waals surface area contributed by atoms with Gasteiger partial charge in [-0.1, -0.05) is 36.4 Å². The van der Waals surface area contributed by atoms with Crippen molar-refractivity contribution in [2.24, 2.45) is 5.92 Å². The smallest absolute Gasteiger partial charge is 0.226 e. The van der Waals surface area contributed by atoms with E-state index in [-0.39, 0.29) is 47.2 Å². The highest BCUT2D eigenvalue weighted by Crippen LogP contribution is 2.36. The van der Waals surface area contributed by atoms with Crippen LogP contribution in [-0.4, -0.2) is 49.8 Å². The van der Waals surface area contributed by atoms with E-state index < -0.39 is 39.9 Å². The standard InChI is InChI=1S/C24H27F3N2O3S/c1-3-33(31,32)28-23-19(25)13-29(24(30)15-10-11-15)20(23)12-16-7-5-9-18(22(16)27)17-8-4-6-14(2)21(17)26/h4-9,15,19-20,23,28H,3,10-13H2,1-2H3/t19-,20-,23-/m0/s1. The van der Waals surface area contributed by atoms with Crippen molar-refractivity contribution in [1.29, 1.82) is 0 Å². The molecule has 2 aromatic carbocycles. The Balaban J connectivity index is 1.70. The number of nitrogens with zero attached hydrogens (tertiary/aromatic N) is 1. The van der Waals surface area contributed by atoms with Crippen LogP contribution in [0.4, 0.5) is 13.2 Å². The van der Waals surface area contributed by atoms with E-state index >= 15 is 4.39 Å². The Morgan fingerprint density at radius 2 is 1.73 bits per heavy atom. The molecule has 0 radical (unpaired) electrons. The number of sulfonamides is 1. The summed E-state index contributed by atoms with van der Waals surface area (Å²) < 4.78 is 72.0. The molecule has 0 aromatic heterocycles. The Bertz CT molecular complexity index is 1170. The molecule has 4 rings (SSSR count). The normalized spacial score (nSPS) is 23.2. The molecule has 0 spiro atoms. The molecule has 1 saturated carbocycles. The number of halogens is 3. The maximum atomic E-state index is 15.5. The van der Waals surface area contributed by atoms with E-state index in [1.807, 2.05) is 0 Å². The summed E-state index contributed by atoms with van der Waals surface area (Å²) in [5.74, 6) is -1.87. The zero-order chi connectivity index (χ0) is 23.9. The largest absolute Gasteiger partial charge is 0.334 e. The fraction of sp³-hybridized carbons (Fsp3) is 0.458. The van der Waals surface area contributed by atoms with E-state index in [0.717, 1.165) is 0 Å². The first-order valence-corrected chi connectivity index (χ1v) is 12.8. The summed E-state index contributed by atoms with van der Waals surface area (Å²) >= 11 is 0. The number of likely N-dealkylation sites (tertiary alicyclic amines) is 1. The minimum atomic E-state index is -3.76. The predicted octanol–water partition coefficient (Wildman–Crippen LogP) is 3.75. The number of carbonyl (C=O) groups excluding carboxylic acids is 1.